The molecule has 0 saturated heterocycles. The number of nitrogens with zero attached hydrogens (tertiary/aromatic N) is 2. The van der Waals surface area contributed by atoms with E-state index in [0.29, 0.717) is 0 Å². The van der Waals surface area contributed by atoms with Crippen LogP contribution in [0, 0.1) is 0 Å². The molecule has 2 heterocycles. The monoisotopic (exact) mass is 490 g/mol. The predicted octanol–water partition coefficient (Wildman–Crippen LogP) is 5.51. The third-order valence-corrected chi connectivity index (χ3v) is 7.79. The van der Waals surface area contributed by atoms with Gasteiger partial charge in [-0.2, -0.15) is 0 Å². The van der Waals surface area contributed by atoms with Crippen molar-refractivity contribution < 1.29 is 4.48 Å². The molecule has 35 heavy (non-hydrogen) atoms. The van der Waals surface area contributed by atoms with Crippen LogP contribution in [0.15, 0.2) is 73.1 Å². The first kappa shape index (κ1) is 25.6. The van der Waals surface area contributed by atoms with Crippen LogP contribution >= 0.6 is 11.9 Å². The van der Waals surface area contributed by atoms with Crippen molar-refractivity contribution in [3.8, 4) is 0 Å². The van der Waals surface area contributed by atoms with E-state index in [2.05, 4.69) is 95.9 Å². The molecular formula is C29H40N5S+. The summed E-state index contributed by atoms with van der Waals surface area (Å²) in [6.07, 6.45) is 2.97. The first-order valence-electron chi connectivity index (χ1n) is 12.7. The van der Waals surface area contributed by atoms with Crippen LogP contribution in [0.1, 0.15) is 42.9 Å². The highest BCUT2D eigenvalue weighted by atomic mass is 32.2. The van der Waals surface area contributed by atoms with E-state index < -0.39 is 0 Å². The van der Waals surface area contributed by atoms with Crippen LogP contribution in [0.5, 0.6) is 0 Å². The van der Waals surface area contributed by atoms with Gasteiger partial charge in [-0.25, -0.2) is 4.48 Å². The molecule has 2 aromatic rings. The number of rotatable bonds is 13. The lowest BCUT2D eigenvalue weighted by Gasteiger charge is -2.29. The van der Waals surface area contributed by atoms with E-state index in [1.165, 1.54) is 39.5 Å². The third kappa shape index (κ3) is 5.51. The lowest BCUT2D eigenvalue weighted by atomic mass is 10.00. The first-order chi connectivity index (χ1) is 17.0. The molecule has 2 aromatic carbocycles. The third-order valence-electron chi connectivity index (χ3n) is 6.94. The first-order valence-corrected chi connectivity index (χ1v) is 13.6. The molecule has 2 aliphatic heterocycles. The van der Waals surface area contributed by atoms with E-state index in [-0.39, 0.29) is 0 Å². The van der Waals surface area contributed by atoms with E-state index in [0.717, 1.165) is 61.5 Å². The number of hydrogen-bond acceptors (Lipinski definition) is 5. The Morgan fingerprint density at radius 3 is 2.51 bits per heavy atom. The van der Waals surface area contributed by atoms with Gasteiger partial charge in [-0.05, 0) is 57.0 Å². The molecule has 4 rings (SSSR count). The van der Waals surface area contributed by atoms with Gasteiger partial charge in [0.1, 0.15) is 6.54 Å². The Balaban J connectivity index is 1.61. The van der Waals surface area contributed by atoms with Gasteiger partial charge in [0.15, 0.2) is 0 Å². The number of quaternary nitrogens is 1. The summed E-state index contributed by atoms with van der Waals surface area (Å²) in [5.41, 5.74) is 10.5. The zero-order valence-electron chi connectivity index (χ0n) is 21.5. The second kappa shape index (κ2) is 11.5. The van der Waals surface area contributed by atoms with Crippen LogP contribution in [0.25, 0.3) is 11.4 Å². The molecule has 0 bridgehead atoms. The zero-order chi connectivity index (χ0) is 24.8. The number of benzene rings is 2. The maximum atomic E-state index is 4.55. The van der Waals surface area contributed by atoms with Gasteiger partial charge in [-0.3, -0.25) is 4.72 Å². The van der Waals surface area contributed by atoms with Crippen molar-refractivity contribution in [1.29, 1.82) is 0 Å². The highest BCUT2D eigenvalue weighted by Gasteiger charge is 2.56. The molecule has 5 nitrogen and oxygen atoms in total. The van der Waals surface area contributed by atoms with Crippen LogP contribution in [-0.4, -0.2) is 44.1 Å². The molecule has 6 heteroatoms. The van der Waals surface area contributed by atoms with Crippen molar-refractivity contribution in [3.63, 3.8) is 0 Å². The Kier molecular flexibility index (Phi) is 8.39. The number of nitrogens with one attached hydrogen (secondary N) is 3. The average molecular weight is 491 g/mol. The summed E-state index contributed by atoms with van der Waals surface area (Å²) in [6, 6.07) is 17.8. The van der Waals surface area contributed by atoms with E-state index in [1.807, 2.05) is 7.05 Å². The topological polar surface area (TPSA) is 39.3 Å². The van der Waals surface area contributed by atoms with Gasteiger partial charge in [-0.1, -0.05) is 55.4 Å². The SMILES string of the molecule is C=C(CCCC(=C)N1Cc2ccccc2C2=C(c3ccccc31)[N+]2(C)CCNSCNC)NCC. The summed E-state index contributed by atoms with van der Waals surface area (Å²) in [5.74, 6) is 0.904. The van der Waals surface area contributed by atoms with Crippen LogP contribution < -0.4 is 20.3 Å². The quantitative estimate of drug-likeness (QED) is 0.149. The second-order valence-corrected chi connectivity index (χ2v) is 10.3. The number of fused-ring (bicyclic) bond motifs is 4. The van der Waals surface area contributed by atoms with Crippen molar-refractivity contribution in [2.24, 2.45) is 0 Å². The van der Waals surface area contributed by atoms with Crippen molar-refractivity contribution >= 4 is 29.0 Å². The van der Waals surface area contributed by atoms with Crippen LogP contribution in [0.3, 0.4) is 0 Å². The summed E-state index contributed by atoms with van der Waals surface area (Å²) >= 11 is 1.73. The van der Waals surface area contributed by atoms with Gasteiger partial charge in [0, 0.05) is 30.0 Å². The molecule has 2 aliphatic rings. The Morgan fingerprint density at radius 2 is 1.74 bits per heavy atom. The fourth-order valence-electron chi connectivity index (χ4n) is 5.15. The Morgan fingerprint density at radius 1 is 1.03 bits per heavy atom. The van der Waals surface area contributed by atoms with Gasteiger partial charge in [0.2, 0.25) is 11.4 Å². The number of hydrogen-bond donors (Lipinski definition) is 3. The Bertz CT molecular complexity index is 1110. The summed E-state index contributed by atoms with van der Waals surface area (Å²) in [4.78, 5) is 2.44. The summed E-state index contributed by atoms with van der Waals surface area (Å²) < 4.78 is 4.39. The maximum absolute atomic E-state index is 4.55. The number of para-hydroxylation sites is 1. The standard InChI is InChI=1S/C29H40N5S/c1-6-31-22(2)12-11-13-23(3)33-20-24-14-7-8-15-25(24)28-29(26-16-9-10-17-27(26)33)34(28,5)19-18-32-35-21-30-4/h7-10,14-17,30-32H,2-3,6,11-13,18-21H2,1,4-5H3/q+1. The largest absolute Gasteiger partial charge is 0.389 e. The molecule has 0 radical (unpaired) electrons. The summed E-state index contributed by atoms with van der Waals surface area (Å²) in [5, 5.41) is 6.52. The van der Waals surface area contributed by atoms with E-state index >= 15 is 0 Å². The smallest absolute Gasteiger partial charge is 0.209 e. The molecule has 0 saturated carbocycles. The van der Waals surface area contributed by atoms with Gasteiger partial charge < -0.3 is 15.5 Å². The van der Waals surface area contributed by atoms with E-state index in [9.17, 15) is 0 Å². The van der Waals surface area contributed by atoms with Gasteiger partial charge in [0.25, 0.3) is 0 Å². The average Bonchev–Trinajstić information content (AvgIpc) is 3.45. The highest BCUT2D eigenvalue weighted by Crippen LogP contribution is 2.57. The maximum Gasteiger partial charge on any atom is 0.209 e. The highest BCUT2D eigenvalue weighted by molar-refractivity contribution is 7.97. The van der Waals surface area contributed by atoms with Crippen molar-refractivity contribution in [1.82, 2.24) is 15.4 Å². The molecule has 186 valence electrons. The van der Waals surface area contributed by atoms with Gasteiger partial charge in [-0.15, -0.1) is 0 Å². The number of anilines is 1. The van der Waals surface area contributed by atoms with Crippen LogP contribution in [-0.2, 0) is 6.54 Å². The minimum Gasteiger partial charge on any atom is -0.389 e. The minimum atomic E-state index is 0.841. The zero-order valence-corrected chi connectivity index (χ0v) is 22.3. The van der Waals surface area contributed by atoms with E-state index in [4.69, 9.17) is 0 Å². The molecular weight excluding hydrogens is 450 g/mol. The molecule has 0 aliphatic carbocycles. The van der Waals surface area contributed by atoms with Gasteiger partial charge in [0.05, 0.1) is 30.7 Å². The van der Waals surface area contributed by atoms with Crippen LogP contribution in [0.2, 0.25) is 0 Å². The molecule has 0 aromatic heterocycles. The summed E-state index contributed by atoms with van der Waals surface area (Å²) in [6.45, 7) is 14.6. The fraction of sp³-hybridized carbons (Fsp3) is 0.379. The normalized spacial score (nSPS) is 18.2. The van der Waals surface area contributed by atoms with Crippen molar-refractivity contribution in [2.45, 2.75) is 32.7 Å². The van der Waals surface area contributed by atoms with Gasteiger partial charge >= 0.3 is 0 Å². The lowest BCUT2D eigenvalue weighted by Crippen LogP contribution is -2.31. The molecule has 3 N–H and O–H groups in total. The van der Waals surface area contributed by atoms with E-state index in [1.54, 1.807) is 11.9 Å². The number of likely N-dealkylation sites (N-methyl/N-ethyl adjacent to an activating group) is 1. The minimum absolute atomic E-state index is 0.841. The van der Waals surface area contributed by atoms with Crippen molar-refractivity contribution in [3.05, 3.63) is 89.8 Å². The van der Waals surface area contributed by atoms with Crippen LogP contribution in [0.4, 0.5) is 5.69 Å². The fourth-order valence-corrected chi connectivity index (χ4v) is 5.63. The lowest BCUT2D eigenvalue weighted by molar-refractivity contribution is -0.712. The Labute approximate surface area is 215 Å². The molecule has 0 amide bonds. The number of allylic oxidation sites excluding steroid dienone is 2. The molecule has 0 fully saturated rings. The molecule has 1 atom stereocenters. The summed E-state index contributed by atoms with van der Waals surface area (Å²) in [7, 11) is 4.34. The molecule has 0 spiro atoms. The second-order valence-electron chi connectivity index (χ2n) is 9.46. The Hall–Kier alpha value is -2.51. The van der Waals surface area contributed by atoms with Crippen molar-refractivity contribution in [2.75, 3.05) is 44.5 Å². The molecule has 1 unspecified atom stereocenters. The predicted molar refractivity (Wildman–Crippen MR) is 152 cm³/mol.